The zero-order valence-corrected chi connectivity index (χ0v) is 16.9. The molecule has 0 fully saturated rings. The predicted molar refractivity (Wildman–Crippen MR) is 105 cm³/mol. The quantitative estimate of drug-likeness (QED) is 0.580. The molecule has 0 saturated carbocycles. The number of benzene rings is 1. The molecule has 1 atom stereocenters. The van der Waals surface area contributed by atoms with Gasteiger partial charge in [0.25, 0.3) is 5.91 Å². The molecule has 146 valence electrons. The Morgan fingerprint density at radius 2 is 2.14 bits per heavy atom. The average molecular weight is 447 g/mol. The maximum Gasteiger partial charge on any atom is 0.287 e. The number of aryl methyl sites for hydroxylation is 1. The van der Waals surface area contributed by atoms with Gasteiger partial charge in [-0.2, -0.15) is 0 Å². The molecule has 28 heavy (non-hydrogen) atoms. The van der Waals surface area contributed by atoms with Gasteiger partial charge in [0, 0.05) is 19.4 Å². The van der Waals surface area contributed by atoms with Gasteiger partial charge >= 0.3 is 0 Å². The number of carbonyl (C=O) groups is 2. The first kappa shape index (κ1) is 19.7. The Morgan fingerprint density at radius 3 is 2.79 bits per heavy atom. The van der Waals surface area contributed by atoms with Crippen LogP contribution in [0.25, 0.3) is 0 Å². The molecule has 2 N–H and O–H groups in total. The first-order valence-corrected chi connectivity index (χ1v) is 9.21. The molecule has 1 aromatic carbocycles. The molecule has 0 radical (unpaired) electrons. The first-order valence-electron chi connectivity index (χ1n) is 8.42. The van der Waals surface area contributed by atoms with Crippen molar-refractivity contribution in [1.29, 1.82) is 0 Å². The van der Waals surface area contributed by atoms with Crippen molar-refractivity contribution in [2.24, 2.45) is 7.05 Å². The summed E-state index contributed by atoms with van der Waals surface area (Å²) in [5.74, 6) is 0.601. The van der Waals surface area contributed by atoms with Crippen LogP contribution in [0.3, 0.4) is 0 Å². The van der Waals surface area contributed by atoms with Crippen LogP contribution in [0.1, 0.15) is 28.0 Å². The van der Waals surface area contributed by atoms with E-state index in [-0.39, 0.29) is 18.2 Å². The Labute approximate surface area is 170 Å². The van der Waals surface area contributed by atoms with Crippen molar-refractivity contribution in [2.75, 3.05) is 13.7 Å². The van der Waals surface area contributed by atoms with Crippen LogP contribution in [0.2, 0.25) is 0 Å². The van der Waals surface area contributed by atoms with Crippen LogP contribution in [0.15, 0.2) is 57.9 Å². The summed E-state index contributed by atoms with van der Waals surface area (Å²) in [6.07, 6.45) is 3.45. The molecule has 3 aromatic rings. The molecule has 0 unspecified atom stereocenters. The average Bonchev–Trinajstić information content (AvgIpc) is 3.32. The minimum atomic E-state index is -0.503. The molecule has 9 heteroatoms. The zero-order valence-electron chi connectivity index (χ0n) is 15.3. The summed E-state index contributed by atoms with van der Waals surface area (Å²) in [7, 11) is 3.42. The smallest absolute Gasteiger partial charge is 0.287 e. The SMILES string of the molecule is COc1cccc([C@H](NC(=O)CNC(=O)c2ccc(Br)o2)c2nccn2C)c1. The third-order valence-electron chi connectivity index (χ3n) is 4.06. The van der Waals surface area contributed by atoms with Crippen molar-refractivity contribution in [1.82, 2.24) is 20.2 Å². The van der Waals surface area contributed by atoms with Gasteiger partial charge in [0.1, 0.15) is 17.6 Å². The van der Waals surface area contributed by atoms with E-state index in [4.69, 9.17) is 9.15 Å². The number of hydrogen-bond donors (Lipinski definition) is 2. The molecule has 8 nitrogen and oxygen atoms in total. The number of aromatic nitrogens is 2. The number of ether oxygens (including phenoxy) is 1. The van der Waals surface area contributed by atoms with Crippen molar-refractivity contribution >= 4 is 27.7 Å². The molecule has 3 rings (SSSR count). The van der Waals surface area contributed by atoms with Crippen LogP contribution in [0.5, 0.6) is 5.75 Å². The summed E-state index contributed by atoms with van der Waals surface area (Å²) in [6, 6.07) is 9.99. The number of imidazole rings is 1. The fourth-order valence-electron chi connectivity index (χ4n) is 2.67. The minimum absolute atomic E-state index is 0.119. The topological polar surface area (TPSA) is 98.4 Å². The summed E-state index contributed by atoms with van der Waals surface area (Å²) >= 11 is 3.13. The summed E-state index contributed by atoms with van der Waals surface area (Å²) in [4.78, 5) is 28.9. The highest BCUT2D eigenvalue weighted by atomic mass is 79.9. The predicted octanol–water partition coefficient (Wildman–Crippen LogP) is 2.42. The van der Waals surface area contributed by atoms with Gasteiger partial charge in [-0.3, -0.25) is 9.59 Å². The number of methoxy groups -OCH3 is 1. The highest BCUT2D eigenvalue weighted by Crippen LogP contribution is 2.24. The number of amides is 2. The van der Waals surface area contributed by atoms with Crippen LogP contribution >= 0.6 is 15.9 Å². The van der Waals surface area contributed by atoms with E-state index in [1.54, 1.807) is 25.6 Å². The number of hydrogen-bond acceptors (Lipinski definition) is 5. The summed E-state index contributed by atoms with van der Waals surface area (Å²) in [5.41, 5.74) is 0.809. The Morgan fingerprint density at radius 1 is 1.32 bits per heavy atom. The van der Waals surface area contributed by atoms with Crippen LogP contribution in [-0.2, 0) is 11.8 Å². The van der Waals surface area contributed by atoms with Crippen LogP contribution in [0.4, 0.5) is 0 Å². The van der Waals surface area contributed by atoms with Crippen molar-refractivity contribution in [3.05, 3.63) is 70.6 Å². The molecule has 2 amide bonds. The highest BCUT2D eigenvalue weighted by Gasteiger charge is 2.22. The normalized spacial score (nSPS) is 11.7. The standard InChI is InChI=1S/C19H19BrN4O4/c1-24-9-8-21-18(24)17(12-4-3-5-13(10-12)27-2)23-16(25)11-22-19(26)14-6-7-15(20)28-14/h3-10,17H,11H2,1-2H3,(H,22,26)(H,23,25)/t17-/m0/s1. The number of nitrogens with one attached hydrogen (secondary N) is 2. The van der Waals surface area contributed by atoms with E-state index >= 15 is 0 Å². The molecule has 0 aliphatic heterocycles. The lowest BCUT2D eigenvalue weighted by atomic mass is 10.1. The third kappa shape index (κ3) is 4.61. The van der Waals surface area contributed by atoms with Crippen molar-refractivity contribution in [3.8, 4) is 5.75 Å². The lowest BCUT2D eigenvalue weighted by molar-refractivity contribution is -0.120. The minimum Gasteiger partial charge on any atom is -0.497 e. The fraction of sp³-hybridized carbons (Fsp3) is 0.211. The highest BCUT2D eigenvalue weighted by molar-refractivity contribution is 9.10. The Kier molecular flexibility index (Phi) is 6.15. The third-order valence-corrected chi connectivity index (χ3v) is 4.48. The summed E-state index contributed by atoms with van der Waals surface area (Å²) in [6.45, 7) is -0.206. The molecule has 2 heterocycles. The van der Waals surface area contributed by atoms with Gasteiger partial charge in [-0.05, 0) is 45.8 Å². The van der Waals surface area contributed by atoms with Crippen molar-refractivity contribution < 1.29 is 18.7 Å². The molecule has 0 aliphatic rings. The Balaban J connectivity index is 1.73. The number of rotatable bonds is 7. The molecule has 0 spiro atoms. The van der Waals surface area contributed by atoms with Gasteiger partial charge in [-0.25, -0.2) is 4.98 Å². The monoisotopic (exact) mass is 446 g/mol. The molecular weight excluding hydrogens is 428 g/mol. The lowest BCUT2D eigenvalue weighted by Crippen LogP contribution is -2.39. The fourth-order valence-corrected chi connectivity index (χ4v) is 2.98. The zero-order chi connectivity index (χ0) is 20.1. The maximum absolute atomic E-state index is 12.5. The number of nitrogens with zero attached hydrogens (tertiary/aromatic N) is 2. The van der Waals surface area contributed by atoms with Crippen LogP contribution in [0, 0.1) is 0 Å². The molecule has 2 aromatic heterocycles. The number of furan rings is 1. The summed E-state index contributed by atoms with van der Waals surface area (Å²) < 4.78 is 12.7. The molecule has 0 aliphatic carbocycles. The second-order valence-corrected chi connectivity index (χ2v) is 6.74. The van der Waals surface area contributed by atoms with E-state index in [0.29, 0.717) is 16.2 Å². The van der Waals surface area contributed by atoms with E-state index in [0.717, 1.165) is 5.56 Å². The van der Waals surface area contributed by atoms with Crippen LogP contribution in [-0.4, -0.2) is 35.0 Å². The Hall–Kier alpha value is -3.07. The van der Waals surface area contributed by atoms with Gasteiger partial charge in [0.05, 0.1) is 13.7 Å². The van der Waals surface area contributed by atoms with E-state index < -0.39 is 11.9 Å². The van der Waals surface area contributed by atoms with Crippen molar-refractivity contribution in [2.45, 2.75) is 6.04 Å². The number of carbonyl (C=O) groups excluding carboxylic acids is 2. The van der Waals surface area contributed by atoms with E-state index in [2.05, 4.69) is 31.5 Å². The maximum atomic E-state index is 12.5. The second kappa shape index (κ2) is 8.75. The van der Waals surface area contributed by atoms with E-state index in [1.165, 1.54) is 6.07 Å². The van der Waals surface area contributed by atoms with Crippen molar-refractivity contribution in [3.63, 3.8) is 0 Å². The number of halogens is 1. The van der Waals surface area contributed by atoms with Gasteiger partial charge in [0.15, 0.2) is 10.4 Å². The van der Waals surface area contributed by atoms with Gasteiger partial charge in [-0.1, -0.05) is 12.1 Å². The van der Waals surface area contributed by atoms with Gasteiger partial charge in [-0.15, -0.1) is 0 Å². The first-order chi connectivity index (χ1) is 13.5. The summed E-state index contributed by atoms with van der Waals surface area (Å²) in [5, 5.41) is 5.44. The lowest BCUT2D eigenvalue weighted by Gasteiger charge is -2.20. The molecule has 0 saturated heterocycles. The largest absolute Gasteiger partial charge is 0.497 e. The van der Waals surface area contributed by atoms with E-state index in [9.17, 15) is 9.59 Å². The second-order valence-electron chi connectivity index (χ2n) is 5.96. The van der Waals surface area contributed by atoms with Crippen LogP contribution < -0.4 is 15.4 Å². The van der Waals surface area contributed by atoms with Gasteiger partial charge < -0.3 is 24.4 Å². The molecule has 0 bridgehead atoms. The molecular formula is C19H19BrN4O4. The Bertz CT molecular complexity index is 982. The van der Waals surface area contributed by atoms with E-state index in [1.807, 2.05) is 35.9 Å². The van der Waals surface area contributed by atoms with Gasteiger partial charge in [0.2, 0.25) is 5.91 Å².